The molecule has 0 amide bonds. The van der Waals surface area contributed by atoms with Crippen molar-refractivity contribution < 1.29 is 18.3 Å². The Morgan fingerprint density at radius 3 is 2.57 bits per heavy atom. The molecule has 2 aromatic heterocycles. The molecular formula is C13H9N3O4S. The Kier molecular flexibility index (Phi) is 2.95. The minimum Gasteiger partial charge on any atom is -0.477 e. The first kappa shape index (κ1) is 13.3. The highest BCUT2D eigenvalue weighted by Gasteiger charge is 2.26. The minimum absolute atomic E-state index is 0.0105. The fourth-order valence-corrected chi connectivity index (χ4v) is 3.50. The van der Waals surface area contributed by atoms with Crippen molar-refractivity contribution in [2.45, 2.75) is 4.90 Å². The maximum absolute atomic E-state index is 12.7. The van der Waals surface area contributed by atoms with Crippen molar-refractivity contribution in [2.24, 2.45) is 0 Å². The first-order chi connectivity index (χ1) is 10.0. The Labute approximate surface area is 119 Å². The number of benzene rings is 1. The smallest absolute Gasteiger partial charge is 0.353 e. The summed E-state index contributed by atoms with van der Waals surface area (Å²) < 4.78 is 26.1. The quantitative estimate of drug-likeness (QED) is 0.784. The van der Waals surface area contributed by atoms with Crippen LogP contribution in [0.15, 0.2) is 53.8 Å². The highest BCUT2D eigenvalue weighted by Crippen LogP contribution is 2.23. The van der Waals surface area contributed by atoms with Gasteiger partial charge in [0, 0.05) is 11.6 Å². The first-order valence-corrected chi connectivity index (χ1v) is 7.31. The molecule has 1 aromatic carbocycles. The van der Waals surface area contributed by atoms with E-state index in [0.29, 0.717) is 5.39 Å². The largest absolute Gasteiger partial charge is 0.477 e. The van der Waals surface area contributed by atoms with E-state index < -0.39 is 16.0 Å². The fourth-order valence-electron chi connectivity index (χ4n) is 2.02. The zero-order valence-electron chi connectivity index (χ0n) is 10.5. The van der Waals surface area contributed by atoms with Gasteiger partial charge in [0.2, 0.25) is 0 Å². The topological polar surface area (TPSA) is 102 Å². The molecule has 0 radical (unpaired) electrons. The lowest BCUT2D eigenvalue weighted by atomic mass is 10.4. The van der Waals surface area contributed by atoms with Gasteiger partial charge in [-0.15, -0.1) is 0 Å². The number of hydrogen-bond donors (Lipinski definition) is 1. The van der Waals surface area contributed by atoms with Gasteiger partial charge >= 0.3 is 5.97 Å². The Hall–Kier alpha value is -2.74. The number of carboxylic acids is 1. The first-order valence-electron chi connectivity index (χ1n) is 5.87. The van der Waals surface area contributed by atoms with Crippen LogP contribution < -0.4 is 0 Å². The molecule has 3 rings (SSSR count). The van der Waals surface area contributed by atoms with Gasteiger partial charge in [-0.1, -0.05) is 18.2 Å². The van der Waals surface area contributed by atoms with Crippen LogP contribution in [0.1, 0.15) is 10.5 Å². The van der Waals surface area contributed by atoms with Crippen LogP contribution in [0.4, 0.5) is 0 Å². The number of rotatable bonds is 3. The molecular weight excluding hydrogens is 294 g/mol. The van der Waals surface area contributed by atoms with Crippen molar-refractivity contribution in [3.63, 3.8) is 0 Å². The third kappa shape index (κ3) is 2.05. The van der Waals surface area contributed by atoms with Crippen LogP contribution in [0.5, 0.6) is 0 Å². The van der Waals surface area contributed by atoms with Gasteiger partial charge in [0.25, 0.3) is 10.0 Å². The van der Waals surface area contributed by atoms with E-state index in [9.17, 15) is 18.3 Å². The molecule has 3 aromatic rings. The predicted octanol–water partition coefficient (Wildman–Crippen LogP) is 1.37. The molecule has 106 valence electrons. The molecule has 8 heteroatoms. The fraction of sp³-hybridized carbons (Fsp3) is 0. The molecule has 0 saturated heterocycles. The Morgan fingerprint density at radius 1 is 1.19 bits per heavy atom. The SMILES string of the molecule is O=C(O)c1cc2cncnc2n1S(=O)(=O)c1ccccc1. The molecule has 1 N–H and O–H groups in total. The standard InChI is InChI=1S/C13H9N3O4S/c17-13(18)11-6-9-7-14-8-15-12(9)16(11)21(19,20)10-4-2-1-3-5-10/h1-8H,(H,17,18). The van der Waals surface area contributed by atoms with Gasteiger partial charge in [0.05, 0.1) is 4.90 Å². The lowest BCUT2D eigenvalue weighted by molar-refractivity contribution is 0.0689. The van der Waals surface area contributed by atoms with Gasteiger partial charge in [0.1, 0.15) is 12.0 Å². The molecule has 0 aliphatic carbocycles. The van der Waals surface area contributed by atoms with Gasteiger partial charge in [0.15, 0.2) is 5.65 Å². The second-order valence-electron chi connectivity index (χ2n) is 4.22. The van der Waals surface area contributed by atoms with Crippen molar-refractivity contribution in [1.29, 1.82) is 0 Å². The Morgan fingerprint density at radius 2 is 1.90 bits per heavy atom. The molecule has 0 bridgehead atoms. The van der Waals surface area contributed by atoms with Crippen LogP contribution in [0.2, 0.25) is 0 Å². The molecule has 0 unspecified atom stereocenters. The molecule has 0 saturated carbocycles. The number of aromatic nitrogens is 3. The summed E-state index contributed by atoms with van der Waals surface area (Å²) in [5.74, 6) is -1.35. The van der Waals surface area contributed by atoms with Crippen LogP contribution in [0.3, 0.4) is 0 Å². The molecule has 21 heavy (non-hydrogen) atoms. The van der Waals surface area contributed by atoms with Gasteiger partial charge in [-0.2, -0.15) is 0 Å². The zero-order valence-corrected chi connectivity index (χ0v) is 11.4. The summed E-state index contributed by atoms with van der Waals surface area (Å²) in [5.41, 5.74) is -0.347. The van der Waals surface area contributed by atoms with E-state index in [1.54, 1.807) is 18.2 Å². The number of aromatic carboxylic acids is 1. The minimum atomic E-state index is -4.05. The normalized spacial score (nSPS) is 11.6. The summed E-state index contributed by atoms with van der Waals surface area (Å²) in [7, 11) is -4.05. The van der Waals surface area contributed by atoms with Crippen molar-refractivity contribution in [3.05, 3.63) is 54.6 Å². The average molecular weight is 303 g/mol. The summed E-state index contributed by atoms with van der Waals surface area (Å²) in [5, 5.41) is 9.59. The van der Waals surface area contributed by atoms with Crippen molar-refractivity contribution >= 4 is 27.0 Å². The number of hydrogen-bond acceptors (Lipinski definition) is 5. The molecule has 0 atom stereocenters. The van der Waals surface area contributed by atoms with Crippen LogP contribution in [-0.4, -0.2) is 33.4 Å². The second-order valence-corrected chi connectivity index (χ2v) is 6.01. The van der Waals surface area contributed by atoms with Crippen LogP contribution in [-0.2, 0) is 10.0 Å². The van der Waals surface area contributed by atoms with Crippen molar-refractivity contribution in [1.82, 2.24) is 13.9 Å². The van der Waals surface area contributed by atoms with Crippen molar-refractivity contribution in [2.75, 3.05) is 0 Å². The molecule has 0 fully saturated rings. The number of carbonyl (C=O) groups is 1. The molecule has 0 aliphatic heterocycles. The van der Waals surface area contributed by atoms with E-state index in [2.05, 4.69) is 9.97 Å². The highest BCUT2D eigenvalue weighted by atomic mass is 32.2. The van der Waals surface area contributed by atoms with Crippen LogP contribution in [0.25, 0.3) is 11.0 Å². The number of nitrogens with zero attached hydrogens (tertiary/aromatic N) is 3. The van der Waals surface area contributed by atoms with E-state index in [1.165, 1.54) is 30.7 Å². The maximum Gasteiger partial charge on any atom is 0.353 e. The van der Waals surface area contributed by atoms with E-state index in [4.69, 9.17) is 0 Å². The number of fused-ring (bicyclic) bond motifs is 1. The van der Waals surface area contributed by atoms with E-state index in [1.807, 2.05) is 0 Å². The average Bonchev–Trinajstić information content (AvgIpc) is 2.88. The highest BCUT2D eigenvalue weighted by molar-refractivity contribution is 7.90. The zero-order chi connectivity index (χ0) is 15.0. The predicted molar refractivity (Wildman–Crippen MR) is 73.5 cm³/mol. The van der Waals surface area contributed by atoms with E-state index >= 15 is 0 Å². The third-order valence-electron chi connectivity index (χ3n) is 2.92. The van der Waals surface area contributed by atoms with Gasteiger partial charge in [-0.3, -0.25) is 0 Å². The maximum atomic E-state index is 12.7. The second kappa shape index (κ2) is 4.67. The van der Waals surface area contributed by atoms with Gasteiger partial charge in [-0.05, 0) is 18.2 Å². The Bertz CT molecular complexity index is 932. The van der Waals surface area contributed by atoms with Crippen LogP contribution >= 0.6 is 0 Å². The third-order valence-corrected chi connectivity index (χ3v) is 4.64. The molecule has 0 aliphatic rings. The Balaban J connectivity index is 2.39. The molecule has 0 spiro atoms. The van der Waals surface area contributed by atoms with Gasteiger partial charge in [-0.25, -0.2) is 27.2 Å². The monoisotopic (exact) mass is 303 g/mol. The van der Waals surface area contributed by atoms with E-state index in [-0.39, 0.29) is 16.2 Å². The summed E-state index contributed by atoms with van der Waals surface area (Å²) in [4.78, 5) is 19.0. The summed E-state index contributed by atoms with van der Waals surface area (Å²) in [6.07, 6.45) is 2.54. The summed E-state index contributed by atoms with van der Waals surface area (Å²) in [6.45, 7) is 0. The summed E-state index contributed by atoms with van der Waals surface area (Å²) in [6, 6.07) is 8.83. The van der Waals surface area contributed by atoms with Gasteiger partial charge < -0.3 is 5.11 Å². The lowest BCUT2D eigenvalue weighted by Gasteiger charge is -2.08. The summed E-state index contributed by atoms with van der Waals surface area (Å²) >= 11 is 0. The lowest BCUT2D eigenvalue weighted by Crippen LogP contribution is -2.18. The molecule has 2 heterocycles. The van der Waals surface area contributed by atoms with Crippen LogP contribution in [0, 0.1) is 0 Å². The molecule has 7 nitrogen and oxygen atoms in total. The van der Waals surface area contributed by atoms with E-state index in [0.717, 1.165) is 3.97 Å². The number of carboxylic acid groups (broad SMARTS) is 1. The van der Waals surface area contributed by atoms with Crippen molar-refractivity contribution in [3.8, 4) is 0 Å².